The van der Waals surface area contributed by atoms with E-state index in [4.69, 9.17) is 4.52 Å². The molecule has 2 N–H and O–H groups in total. The molecule has 0 radical (unpaired) electrons. The molecule has 1 saturated carbocycles. The third kappa shape index (κ3) is 5.78. The molecule has 1 saturated heterocycles. The molecule has 2 heterocycles. The molecule has 0 spiro atoms. The maximum atomic E-state index is 12.5. The maximum Gasteiger partial charge on any atom is 0.220 e. The molecule has 0 unspecified atom stereocenters. The van der Waals surface area contributed by atoms with Gasteiger partial charge in [-0.15, -0.1) is 24.0 Å². The summed E-state index contributed by atoms with van der Waals surface area (Å²) >= 11 is 0. The lowest BCUT2D eigenvalue weighted by atomic mass is 10.1. The molecule has 9 nitrogen and oxygen atoms in total. The summed E-state index contributed by atoms with van der Waals surface area (Å²) in [6.07, 6.45) is 3.40. The smallest absolute Gasteiger partial charge is 0.220 e. The van der Waals surface area contributed by atoms with Crippen molar-refractivity contribution in [3.8, 4) is 0 Å². The van der Waals surface area contributed by atoms with Crippen LogP contribution in [0.1, 0.15) is 25.5 Å². The number of guanidine groups is 1. The van der Waals surface area contributed by atoms with Crippen LogP contribution < -0.4 is 5.32 Å². The van der Waals surface area contributed by atoms with Crippen molar-refractivity contribution < 1.29 is 18.0 Å². The van der Waals surface area contributed by atoms with Gasteiger partial charge in [-0.2, -0.15) is 4.31 Å². The largest absolute Gasteiger partial charge is 0.396 e. The van der Waals surface area contributed by atoms with E-state index in [2.05, 4.69) is 20.4 Å². The van der Waals surface area contributed by atoms with Crippen LogP contribution >= 0.6 is 24.0 Å². The third-order valence-corrected chi connectivity index (χ3v) is 6.76. The SMILES string of the molecule is CCNC(=NCC1(CO)CC1)N1CCN(S(=O)(=O)Cc2ccon2)CC1.I. The topological polar surface area (TPSA) is 111 Å². The van der Waals surface area contributed by atoms with Crippen molar-refractivity contribution in [3.05, 3.63) is 18.0 Å². The van der Waals surface area contributed by atoms with Gasteiger partial charge in [0.05, 0.1) is 18.8 Å². The first-order valence-corrected chi connectivity index (χ1v) is 10.6. The first-order chi connectivity index (χ1) is 12.5. The summed E-state index contributed by atoms with van der Waals surface area (Å²) in [6.45, 7) is 5.51. The van der Waals surface area contributed by atoms with Crippen molar-refractivity contribution in [3.63, 3.8) is 0 Å². The van der Waals surface area contributed by atoms with E-state index in [0.29, 0.717) is 38.4 Å². The van der Waals surface area contributed by atoms with Gasteiger partial charge in [0.2, 0.25) is 10.0 Å². The van der Waals surface area contributed by atoms with Gasteiger partial charge in [-0.3, -0.25) is 4.99 Å². The van der Waals surface area contributed by atoms with Gasteiger partial charge in [-0.05, 0) is 19.8 Å². The van der Waals surface area contributed by atoms with Gasteiger partial charge in [0, 0.05) is 44.2 Å². The Labute approximate surface area is 177 Å². The minimum absolute atomic E-state index is 0. The van der Waals surface area contributed by atoms with Crippen molar-refractivity contribution >= 4 is 40.0 Å². The van der Waals surface area contributed by atoms with Crippen LogP contribution in [-0.4, -0.2) is 79.7 Å². The molecule has 0 atom stereocenters. The molecule has 1 aliphatic carbocycles. The van der Waals surface area contributed by atoms with Crippen molar-refractivity contribution in [2.24, 2.45) is 10.4 Å². The van der Waals surface area contributed by atoms with Crippen molar-refractivity contribution in [2.45, 2.75) is 25.5 Å². The van der Waals surface area contributed by atoms with Gasteiger partial charge in [0.25, 0.3) is 0 Å². The fraction of sp³-hybridized carbons (Fsp3) is 0.750. The number of nitrogens with one attached hydrogen (secondary N) is 1. The van der Waals surface area contributed by atoms with Crippen LogP contribution in [-0.2, 0) is 15.8 Å². The van der Waals surface area contributed by atoms with E-state index in [1.165, 1.54) is 10.6 Å². The number of hydrogen-bond donors (Lipinski definition) is 2. The van der Waals surface area contributed by atoms with E-state index >= 15 is 0 Å². The fourth-order valence-corrected chi connectivity index (χ4v) is 4.40. The van der Waals surface area contributed by atoms with E-state index in [-0.39, 0.29) is 41.8 Å². The highest BCUT2D eigenvalue weighted by Crippen LogP contribution is 2.45. The highest BCUT2D eigenvalue weighted by molar-refractivity contribution is 14.0. The van der Waals surface area contributed by atoms with Gasteiger partial charge in [-0.1, -0.05) is 5.16 Å². The van der Waals surface area contributed by atoms with Gasteiger partial charge in [-0.25, -0.2) is 8.42 Å². The lowest BCUT2D eigenvalue weighted by Gasteiger charge is -2.36. The molecule has 2 aliphatic rings. The van der Waals surface area contributed by atoms with E-state index in [1.807, 2.05) is 6.92 Å². The number of nitrogens with zero attached hydrogens (tertiary/aromatic N) is 4. The molecule has 27 heavy (non-hydrogen) atoms. The lowest BCUT2D eigenvalue weighted by molar-refractivity contribution is 0.215. The van der Waals surface area contributed by atoms with Gasteiger partial charge < -0.3 is 19.8 Å². The predicted octanol–water partition coefficient (Wildman–Crippen LogP) is 0.478. The van der Waals surface area contributed by atoms with Crippen LogP contribution in [0.3, 0.4) is 0 Å². The summed E-state index contributed by atoms with van der Waals surface area (Å²) in [5.41, 5.74) is 0.379. The summed E-state index contributed by atoms with van der Waals surface area (Å²) in [6, 6.07) is 1.57. The number of hydrogen-bond acceptors (Lipinski definition) is 6. The Morgan fingerprint density at radius 1 is 1.37 bits per heavy atom. The number of aliphatic hydroxyl groups excluding tert-OH is 1. The Morgan fingerprint density at radius 2 is 2.07 bits per heavy atom. The molecule has 3 rings (SSSR count). The molecule has 2 fully saturated rings. The van der Waals surface area contributed by atoms with E-state index < -0.39 is 10.0 Å². The zero-order chi connectivity index (χ0) is 18.6. The van der Waals surface area contributed by atoms with Gasteiger partial charge >= 0.3 is 0 Å². The summed E-state index contributed by atoms with van der Waals surface area (Å²) in [4.78, 5) is 6.75. The average molecular weight is 513 g/mol. The molecular formula is C16H28IN5O4S. The molecule has 154 valence electrons. The highest BCUT2D eigenvalue weighted by atomic mass is 127. The molecule has 0 amide bonds. The highest BCUT2D eigenvalue weighted by Gasteiger charge is 2.42. The fourth-order valence-electron chi connectivity index (χ4n) is 2.98. The third-order valence-electron chi connectivity index (χ3n) is 4.94. The number of piperazine rings is 1. The predicted molar refractivity (Wildman–Crippen MR) is 112 cm³/mol. The summed E-state index contributed by atoms with van der Waals surface area (Å²) in [7, 11) is -3.41. The van der Waals surface area contributed by atoms with E-state index in [0.717, 1.165) is 25.3 Å². The zero-order valence-corrected chi connectivity index (χ0v) is 18.6. The second kappa shape index (κ2) is 9.52. The standard InChI is InChI=1S/C16H27N5O4S.HI/c1-2-17-15(18-12-16(13-22)4-5-16)20-6-8-21(9-7-20)26(23,24)11-14-3-10-25-19-14;/h3,10,22H,2,4-9,11-13H2,1H3,(H,17,18);1H. The summed E-state index contributed by atoms with van der Waals surface area (Å²) < 4.78 is 31.2. The zero-order valence-electron chi connectivity index (χ0n) is 15.5. The number of aliphatic imine (C=N–C) groups is 1. The van der Waals surface area contributed by atoms with Crippen LogP contribution in [0.4, 0.5) is 0 Å². The van der Waals surface area contributed by atoms with E-state index in [1.54, 1.807) is 6.07 Å². The van der Waals surface area contributed by atoms with Crippen LogP contribution in [0.15, 0.2) is 21.8 Å². The molecule has 1 aromatic rings. The second-order valence-electron chi connectivity index (χ2n) is 6.96. The van der Waals surface area contributed by atoms with Crippen LogP contribution in [0.2, 0.25) is 0 Å². The quantitative estimate of drug-likeness (QED) is 0.310. The number of rotatable bonds is 7. The number of aliphatic hydroxyl groups is 1. The Bertz CT molecular complexity index is 713. The molecule has 0 aromatic carbocycles. The molecule has 1 aromatic heterocycles. The molecule has 0 bridgehead atoms. The normalized spacial score (nSPS) is 20.2. The minimum atomic E-state index is -3.41. The first kappa shape index (κ1) is 22.4. The summed E-state index contributed by atoms with van der Waals surface area (Å²) in [5, 5.41) is 16.4. The monoisotopic (exact) mass is 513 g/mol. The van der Waals surface area contributed by atoms with Crippen LogP contribution in [0, 0.1) is 5.41 Å². The lowest BCUT2D eigenvalue weighted by Crippen LogP contribution is -2.54. The molecule has 1 aliphatic heterocycles. The van der Waals surface area contributed by atoms with Gasteiger partial charge in [0.1, 0.15) is 12.0 Å². The minimum Gasteiger partial charge on any atom is -0.396 e. The Kier molecular flexibility index (Phi) is 7.89. The van der Waals surface area contributed by atoms with Crippen molar-refractivity contribution in [1.29, 1.82) is 0 Å². The van der Waals surface area contributed by atoms with Crippen molar-refractivity contribution in [1.82, 2.24) is 19.7 Å². The number of halogens is 1. The number of aromatic nitrogens is 1. The Morgan fingerprint density at radius 3 is 2.59 bits per heavy atom. The molecule has 11 heteroatoms. The second-order valence-corrected chi connectivity index (χ2v) is 8.93. The first-order valence-electron chi connectivity index (χ1n) is 8.99. The maximum absolute atomic E-state index is 12.5. The van der Waals surface area contributed by atoms with Crippen LogP contribution in [0.25, 0.3) is 0 Å². The van der Waals surface area contributed by atoms with E-state index in [9.17, 15) is 13.5 Å². The van der Waals surface area contributed by atoms with Crippen LogP contribution in [0.5, 0.6) is 0 Å². The van der Waals surface area contributed by atoms with Crippen molar-refractivity contribution in [2.75, 3.05) is 45.9 Å². The van der Waals surface area contributed by atoms with Gasteiger partial charge in [0.15, 0.2) is 5.96 Å². The molecular weight excluding hydrogens is 485 g/mol. The Balaban J connectivity index is 0.00000261. The Hall–Kier alpha value is -0.920. The average Bonchev–Trinajstić information content (AvgIpc) is 3.26. The summed E-state index contributed by atoms with van der Waals surface area (Å²) in [5.74, 6) is 0.650. The number of sulfonamides is 1.